The van der Waals surface area contributed by atoms with E-state index in [1.54, 1.807) is 12.4 Å². The van der Waals surface area contributed by atoms with E-state index in [1.165, 1.54) is 17.7 Å². The monoisotopic (exact) mass is 426 g/mol. The van der Waals surface area contributed by atoms with Crippen LogP contribution >= 0.6 is 0 Å². The van der Waals surface area contributed by atoms with Gasteiger partial charge in [-0.2, -0.15) is 5.10 Å². The summed E-state index contributed by atoms with van der Waals surface area (Å²) in [6.45, 7) is 1.81. The zero-order valence-electron chi connectivity index (χ0n) is 17.0. The Kier molecular flexibility index (Phi) is 4.26. The van der Waals surface area contributed by atoms with Gasteiger partial charge in [-0.1, -0.05) is 6.08 Å². The number of nitrogens with one attached hydrogen (secondary N) is 3. The maximum Gasteiger partial charge on any atom is 0.181 e. The molecule has 0 amide bonds. The molecule has 0 unspecified atom stereocenters. The molecular weight excluding hydrogens is 407 g/mol. The number of nitrogens with zero attached hydrogens (tertiary/aromatic N) is 3. The molecule has 0 fully saturated rings. The van der Waals surface area contributed by atoms with Gasteiger partial charge in [0.25, 0.3) is 0 Å². The van der Waals surface area contributed by atoms with Gasteiger partial charge < -0.3 is 15.4 Å². The van der Waals surface area contributed by atoms with Crippen molar-refractivity contribution in [2.75, 3.05) is 13.1 Å². The normalized spacial score (nSPS) is 14.2. The molecule has 1 aromatic carbocycles. The second-order valence-corrected chi connectivity index (χ2v) is 7.91. The molecule has 0 radical (unpaired) electrons. The SMILES string of the molecule is Oc1cc(F)cc(-c2cncc3[nH]c(-c4[nH]nc5ncc(C6=CCNCC6)cc45)cc23)c1. The number of rotatable bonds is 3. The van der Waals surface area contributed by atoms with Crippen LogP contribution in [0.25, 0.3) is 50.0 Å². The molecule has 0 aliphatic carbocycles. The highest BCUT2D eigenvalue weighted by atomic mass is 19.1. The molecule has 7 nitrogen and oxygen atoms in total. The Hall–Kier alpha value is -4.04. The molecule has 5 aromatic rings. The zero-order chi connectivity index (χ0) is 21.7. The van der Waals surface area contributed by atoms with Crippen molar-refractivity contribution in [1.29, 1.82) is 0 Å². The number of H-pyrrole nitrogens is 2. The van der Waals surface area contributed by atoms with Gasteiger partial charge in [0.2, 0.25) is 0 Å². The first-order chi connectivity index (χ1) is 15.7. The number of halogens is 1. The Labute approximate surface area is 182 Å². The summed E-state index contributed by atoms with van der Waals surface area (Å²) in [5.41, 5.74) is 6.75. The molecule has 158 valence electrons. The summed E-state index contributed by atoms with van der Waals surface area (Å²) < 4.78 is 13.9. The van der Waals surface area contributed by atoms with Gasteiger partial charge in [-0.25, -0.2) is 9.37 Å². The molecule has 5 heterocycles. The molecule has 0 bridgehead atoms. The average Bonchev–Trinajstić information content (AvgIpc) is 3.42. The van der Waals surface area contributed by atoms with E-state index in [-0.39, 0.29) is 5.75 Å². The van der Waals surface area contributed by atoms with Crippen molar-refractivity contribution in [2.24, 2.45) is 0 Å². The highest BCUT2D eigenvalue weighted by Crippen LogP contribution is 2.35. The summed E-state index contributed by atoms with van der Waals surface area (Å²) in [7, 11) is 0. The van der Waals surface area contributed by atoms with Crippen molar-refractivity contribution in [1.82, 2.24) is 30.5 Å². The zero-order valence-corrected chi connectivity index (χ0v) is 17.0. The van der Waals surface area contributed by atoms with E-state index in [1.807, 2.05) is 12.3 Å². The number of aromatic amines is 2. The highest BCUT2D eigenvalue weighted by Gasteiger charge is 2.16. The van der Waals surface area contributed by atoms with E-state index in [2.05, 4.69) is 42.6 Å². The van der Waals surface area contributed by atoms with Gasteiger partial charge in [0, 0.05) is 41.3 Å². The fourth-order valence-electron chi connectivity index (χ4n) is 4.31. The summed E-state index contributed by atoms with van der Waals surface area (Å²) in [4.78, 5) is 12.2. The van der Waals surface area contributed by atoms with E-state index in [0.717, 1.165) is 64.4 Å². The molecule has 6 rings (SSSR count). The van der Waals surface area contributed by atoms with Crippen molar-refractivity contribution in [3.63, 3.8) is 0 Å². The molecule has 0 saturated carbocycles. The molecule has 4 N–H and O–H groups in total. The summed E-state index contributed by atoms with van der Waals surface area (Å²) in [5, 5.41) is 22.4. The number of fused-ring (bicyclic) bond motifs is 2. The lowest BCUT2D eigenvalue weighted by Crippen LogP contribution is -2.20. The Morgan fingerprint density at radius 1 is 0.969 bits per heavy atom. The Morgan fingerprint density at radius 3 is 2.75 bits per heavy atom. The van der Waals surface area contributed by atoms with Crippen LogP contribution in [0.1, 0.15) is 12.0 Å². The summed E-state index contributed by atoms with van der Waals surface area (Å²) >= 11 is 0. The van der Waals surface area contributed by atoms with Gasteiger partial charge in [0.05, 0.1) is 23.1 Å². The Morgan fingerprint density at radius 2 is 1.91 bits per heavy atom. The van der Waals surface area contributed by atoms with Gasteiger partial charge in [0.15, 0.2) is 5.65 Å². The number of hydrogen-bond acceptors (Lipinski definition) is 5. The third-order valence-electron chi connectivity index (χ3n) is 5.85. The molecule has 1 aliphatic rings. The first-order valence-electron chi connectivity index (χ1n) is 10.4. The van der Waals surface area contributed by atoms with Crippen molar-refractivity contribution >= 4 is 27.5 Å². The van der Waals surface area contributed by atoms with Crippen molar-refractivity contribution in [2.45, 2.75) is 6.42 Å². The number of aromatic hydroxyl groups is 1. The maximum absolute atomic E-state index is 13.9. The summed E-state index contributed by atoms with van der Waals surface area (Å²) in [6, 6.07) is 8.10. The quantitative estimate of drug-likeness (QED) is 0.343. The molecule has 4 aromatic heterocycles. The number of aromatic nitrogens is 5. The van der Waals surface area contributed by atoms with Gasteiger partial charge in [-0.05, 0) is 53.9 Å². The van der Waals surface area contributed by atoms with E-state index in [0.29, 0.717) is 11.2 Å². The smallest absolute Gasteiger partial charge is 0.181 e. The molecular formula is C24H19FN6O. The lowest BCUT2D eigenvalue weighted by Gasteiger charge is -2.13. The van der Waals surface area contributed by atoms with Crippen LogP contribution in [0.4, 0.5) is 4.39 Å². The van der Waals surface area contributed by atoms with Crippen LogP contribution in [0.15, 0.2) is 55.0 Å². The van der Waals surface area contributed by atoms with Crippen molar-refractivity contribution < 1.29 is 9.50 Å². The number of pyridine rings is 2. The van der Waals surface area contributed by atoms with Crippen molar-refractivity contribution in [3.05, 3.63) is 66.4 Å². The highest BCUT2D eigenvalue weighted by molar-refractivity contribution is 6.00. The van der Waals surface area contributed by atoms with Gasteiger partial charge in [0.1, 0.15) is 11.6 Å². The molecule has 0 saturated heterocycles. The van der Waals surface area contributed by atoms with Crippen LogP contribution in [0, 0.1) is 5.82 Å². The van der Waals surface area contributed by atoms with Gasteiger partial charge >= 0.3 is 0 Å². The Bertz CT molecular complexity index is 1500. The lowest BCUT2D eigenvalue weighted by atomic mass is 10.0. The van der Waals surface area contributed by atoms with Gasteiger partial charge in [-0.3, -0.25) is 10.1 Å². The van der Waals surface area contributed by atoms with Crippen LogP contribution in [-0.2, 0) is 0 Å². The topological polar surface area (TPSA) is 103 Å². The van der Waals surface area contributed by atoms with E-state index in [9.17, 15) is 9.50 Å². The third kappa shape index (κ3) is 3.12. The molecule has 0 atom stereocenters. The Balaban J connectivity index is 1.49. The third-order valence-corrected chi connectivity index (χ3v) is 5.85. The summed E-state index contributed by atoms with van der Waals surface area (Å²) in [5.74, 6) is -0.628. The van der Waals surface area contributed by atoms with Crippen LogP contribution in [0.2, 0.25) is 0 Å². The van der Waals surface area contributed by atoms with E-state index < -0.39 is 5.82 Å². The predicted molar refractivity (Wildman–Crippen MR) is 121 cm³/mol. The first-order valence-corrected chi connectivity index (χ1v) is 10.4. The first kappa shape index (κ1) is 18.7. The van der Waals surface area contributed by atoms with Crippen molar-refractivity contribution in [3.8, 4) is 28.3 Å². The fraction of sp³-hybridized carbons (Fsp3) is 0.125. The molecule has 0 spiro atoms. The second-order valence-electron chi connectivity index (χ2n) is 7.91. The molecule has 32 heavy (non-hydrogen) atoms. The number of phenolic OH excluding ortho intramolecular Hbond substituents is 1. The van der Waals surface area contributed by atoms with Crippen LogP contribution < -0.4 is 5.32 Å². The number of benzene rings is 1. The van der Waals surface area contributed by atoms with Gasteiger partial charge in [-0.15, -0.1) is 0 Å². The summed E-state index contributed by atoms with van der Waals surface area (Å²) in [6.07, 6.45) is 8.42. The van der Waals surface area contributed by atoms with Crippen LogP contribution in [-0.4, -0.2) is 43.3 Å². The lowest BCUT2D eigenvalue weighted by molar-refractivity contribution is 0.469. The van der Waals surface area contributed by atoms with Crippen LogP contribution in [0.3, 0.4) is 0 Å². The maximum atomic E-state index is 13.9. The molecule has 1 aliphatic heterocycles. The minimum atomic E-state index is -0.502. The fourth-order valence-corrected chi connectivity index (χ4v) is 4.31. The minimum Gasteiger partial charge on any atom is -0.508 e. The molecule has 8 heteroatoms. The largest absolute Gasteiger partial charge is 0.508 e. The van der Waals surface area contributed by atoms with Crippen LogP contribution in [0.5, 0.6) is 5.75 Å². The standard InChI is InChI=1S/C24H19FN6O/c25-16-5-14(6-17(32)8-16)20-11-27-12-22-18(20)9-21(29-22)23-19-7-15(10-28-24(19)31-30-23)13-1-3-26-4-2-13/h1,5-12,26,29,32H,2-4H2,(H,28,30,31). The predicted octanol–water partition coefficient (Wildman–Crippen LogP) is 4.39. The second kappa shape index (κ2) is 7.28. The van der Waals surface area contributed by atoms with E-state index >= 15 is 0 Å². The number of phenols is 1. The number of hydrogen-bond donors (Lipinski definition) is 4. The average molecular weight is 426 g/mol. The van der Waals surface area contributed by atoms with E-state index in [4.69, 9.17) is 0 Å². The minimum absolute atomic E-state index is 0.127.